The summed E-state index contributed by atoms with van der Waals surface area (Å²) in [7, 11) is 0. The lowest BCUT2D eigenvalue weighted by molar-refractivity contribution is -0.128. The molecule has 0 aliphatic carbocycles. The second kappa shape index (κ2) is 10.9. The first kappa shape index (κ1) is 20.3. The molecule has 0 aromatic heterocycles. The Labute approximate surface area is 153 Å². The molecule has 24 heavy (non-hydrogen) atoms. The maximum Gasteiger partial charge on any atom is 0.265 e. The van der Waals surface area contributed by atoms with Crippen LogP contribution in [0, 0.1) is 0 Å². The van der Waals surface area contributed by atoms with E-state index in [1.807, 2.05) is 30.3 Å². The van der Waals surface area contributed by atoms with Crippen LogP contribution in [0.4, 0.5) is 0 Å². The summed E-state index contributed by atoms with van der Waals surface area (Å²) in [5.41, 5.74) is 6.27. The maximum atomic E-state index is 12.5. The minimum atomic E-state index is -0.699. The molecule has 0 aliphatic heterocycles. The van der Waals surface area contributed by atoms with E-state index in [2.05, 4.69) is 5.32 Å². The molecule has 2 aromatic carbocycles. The summed E-state index contributed by atoms with van der Waals surface area (Å²) >= 11 is 5.88. The molecule has 2 aromatic rings. The van der Waals surface area contributed by atoms with E-state index in [1.165, 1.54) is 0 Å². The van der Waals surface area contributed by atoms with Crippen LogP contribution in [0.5, 0.6) is 5.75 Å². The van der Waals surface area contributed by atoms with E-state index in [-0.39, 0.29) is 18.3 Å². The number of amides is 1. The molecular formula is C18H22Cl2N2O2. The number of unbranched alkanes of at least 4 members (excludes halogenated alkanes) is 1. The van der Waals surface area contributed by atoms with Gasteiger partial charge in [0.25, 0.3) is 5.91 Å². The number of rotatable bonds is 8. The standard InChI is InChI=1S/C18H21ClN2O2.ClH/c19-15-8-10-16(11-9-15)23-17(14-6-2-1-3-7-14)18(22)21-13-5-4-12-20;/h1-3,6-11,17H,4-5,12-13,20H2,(H,21,22);1H. The van der Waals surface area contributed by atoms with Crippen molar-refractivity contribution in [2.45, 2.75) is 18.9 Å². The van der Waals surface area contributed by atoms with Crippen LogP contribution in [0.15, 0.2) is 54.6 Å². The van der Waals surface area contributed by atoms with Gasteiger partial charge in [0.1, 0.15) is 5.75 Å². The number of nitrogens with one attached hydrogen (secondary N) is 1. The van der Waals surface area contributed by atoms with Crippen LogP contribution in [0.1, 0.15) is 24.5 Å². The van der Waals surface area contributed by atoms with E-state index in [9.17, 15) is 4.79 Å². The first-order chi connectivity index (χ1) is 11.2. The number of benzene rings is 2. The van der Waals surface area contributed by atoms with Gasteiger partial charge in [-0.25, -0.2) is 0 Å². The summed E-state index contributed by atoms with van der Waals surface area (Å²) in [6.45, 7) is 1.21. The van der Waals surface area contributed by atoms with Gasteiger partial charge in [-0.2, -0.15) is 0 Å². The Kier molecular flexibility index (Phi) is 9.23. The van der Waals surface area contributed by atoms with Crippen molar-refractivity contribution in [3.8, 4) is 5.75 Å². The fraction of sp³-hybridized carbons (Fsp3) is 0.278. The molecule has 0 heterocycles. The SMILES string of the molecule is Cl.NCCCCNC(=O)C(Oc1ccc(Cl)cc1)c1ccccc1. The fourth-order valence-electron chi connectivity index (χ4n) is 2.12. The average Bonchev–Trinajstić information content (AvgIpc) is 2.59. The van der Waals surface area contributed by atoms with Gasteiger partial charge in [0.15, 0.2) is 0 Å². The summed E-state index contributed by atoms with van der Waals surface area (Å²) in [6.07, 6.45) is 1.04. The minimum absolute atomic E-state index is 0. The second-order valence-corrected chi connectivity index (χ2v) is 5.59. The van der Waals surface area contributed by atoms with Crippen molar-refractivity contribution in [1.82, 2.24) is 5.32 Å². The van der Waals surface area contributed by atoms with E-state index in [0.717, 1.165) is 18.4 Å². The molecule has 130 valence electrons. The van der Waals surface area contributed by atoms with Crippen molar-refractivity contribution in [3.05, 3.63) is 65.2 Å². The van der Waals surface area contributed by atoms with Crippen molar-refractivity contribution in [3.63, 3.8) is 0 Å². The van der Waals surface area contributed by atoms with Crippen LogP contribution in [-0.2, 0) is 4.79 Å². The lowest BCUT2D eigenvalue weighted by atomic mass is 10.1. The molecule has 0 spiro atoms. The smallest absolute Gasteiger partial charge is 0.265 e. The van der Waals surface area contributed by atoms with Crippen molar-refractivity contribution < 1.29 is 9.53 Å². The van der Waals surface area contributed by atoms with Gasteiger partial charge in [-0.1, -0.05) is 41.9 Å². The summed E-state index contributed by atoms with van der Waals surface area (Å²) in [5, 5.41) is 3.53. The number of carbonyl (C=O) groups excluding carboxylic acids is 1. The largest absolute Gasteiger partial charge is 0.476 e. The Morgan fingerprint density at radius 1 is 1.08 bits per heavy atom. The molecular weight excluding hydrogens is 347 g/mol. The quantitative estimate of drug-likeness (QED) is 0.697. The van der Waals surface area contributed by atoms with Gasteiger partial charge in [0.05, 0.1) is 0 Å². The molecule has 4 nitrogen and oxygen atoms in total. The van der Waals surface area contributed by atoms with E-state index in [1.54, 1.807) is 24.3 Å². The molecule has 3 N–H and O–H groups in total. The van der Waals surface area contributed by atoms with Gasteiger partial charge < -0.3 is 15.8 Å². The zero-order chi connectivity index (χ0) is 16.5. The zero-order valence-corrected chi connectivity index (χ0v) is 14.9. The number of halogens is 2. The number of nitrogens with two attached hydrogens (primary N) is 1. The summed E-state index contributed by atoms with van der Waals surface area (Å²) in [5.74, 6) is 0.434. The minimum Gasteiger partial charge on any atom is -0.476 e. The van der Waals surface area contributed by atoms with Crippen LogP contribution in [0.3, 0.4) is 0 Å². The number of hydrogen-bond donors (Lipinski definition) is 2. The van der Waals surface area contributed by atoms with Crippen molar-refractivity contribution in [1.29, 1.82) is 0 Å². The van der Waals surface area contributed by atoms with Crippen molar-refractivity contribution in [2.75, 3.05) is 13.1 Å². The molecule has 1 atom stereocenters. The van der Waals surface area contributed by atoms with Crippen molar-refractivity contribution in [2.24, 2.45) is 5.73 Å². The Bertz CT molecular complexity index is 606. The van der Waals surface area contributed by atoms with E-state index < -0.39 is 6.10 Å². The normalized spacial score (nSPS) is 11.2. The Morgan fingerprint density at radius 3 is 2.38 bits per heavy atom. The third kappa shape index (κ3) is 6.40. The van der Waals surface area contributed by atoms with Gasteiger partial charge in [-0.05, 0) is 43.7 Å². The number of hydrogen-bond acceptors (Lipinski definition) is 3. The van der Waals surface area contributed by atoms with E-state index >= 15 is 0 Å². The van der Waals surface area contributed by atoms with Crippen molar-refractivity contribution >= 4 is 29.9 Å². The highest BCUT2D eigenvalue weighted by atomic mass is 35.5. The highest BCUT2D eigenvalue weighted by molar-refractivity contribution is 6.30. The van der Waals surface area contributed by atoms with Crippen LogP contribution in [0.25, 0.3) is 0 Å². The molecule has 0 fully saturated rings. The van der Waals surface area contributed by atoms with E-state index in [4.69, 9.17) is 22.1 Å². The van der Waals surface area contributed by atoms with Crippen LogP contribution in [0.2, 0.25) is 5.02 Å². The van der Waals surface area contributed by atoms with Gasteiger partial charge in [0.2, 0.25) is 6.10 Å². The molecule has 0 bridgehead atoms. The van der Waals surface area contributed by atoms with Gasteiger partial charge in [0, 0.05) is 17.1 Å². The topological polar surface area (TPSA) is 64.3 Å². The molecule has 0 radical (unpaired) electrons. The first-order valence-electron chi connectivity index (χ1n) is 7.65. The van der Waals surface area contributed by atoms with Gasteiger partial charge >= 0.3 is 0 Å². The fourth-order valence-corrected chi connectivity index (χ4v) is 2.25. The van der Waals surface area contributed by atoms with Crippen LogP contribution >= 0.6 is 24.0 Å². The Hall–Kier alpha value is -1.75. The zero-order valence-electron chi connectivity index (χ0n) is 13.3. The third-order valence-corrected chi connectivity index (χ3v) is 3.59. The molecule has 0 saturated heterocycles. The average molecular weight is 369 g/mol. The maximum absolute atomic E-state index is 12.5. The molecule has 1 amide bonds. The lowest BCUT2D eigenvalue weighted by Gasteiger charge is -2.19. The van der Waals surface area contributed by atoms with Crippen LogP contribution < -0.4 is 15.8 Å². The molecule has 6 heteroatoms. The predicted octanol–water partition coefficient (Wildman–Crippen LogP) is 3.74. The third-order valence-electron chi connectivity index (χ3n) is 3.34. The summed E-state index contributed by atoms with van der Waals surface area (Å²) in [6, 6.07) is 16.4. The molecule has 0 aliphatic rings. The Morgan fingerprint density at radius 2 is 1.75 bits per heavy atom. The lowest BCUT2D eigenvalue weighted by Crippen LogP contribution is -2.33. The molecule has 0 saturated carbocycles. The molecule has 2 rings (SSSR count). The number of carbonyl (C=O) groups is 1. The van der Waals surface area contributed by atoms with Gasteiger partial charge in [-0.3, -0.25) is 4.79 Å². The van der Waals surface area contributed by atoms with Crippen LogP contribution in [-0.4, -0.2) is 19.0 Å². The summed E-state index contributed by atoms with van der Waals surface area (Å²) < 4.78 is 5.88. The van der Waals surface area contributed by atoms with Gasteiger partial charge in [-0.15, -0.1) is 12.4 Å². The molecule has 1 unspecified atom stereocenters. The Balaban J connectivity index is 0.00000288. The highest BCUT2D eigenvalue weighted by Crippen LogP contribution is 2.23. The first-order valence-corrected chi connectivity index (χ1v) is 8.03. The highest BCUT2D eigenvalue weighted by Gasteiger charge is 2.22. The monoisotopic (exact) mass is 368 g/mol. The number of ether oxygens (including phenoxy) is 1. The second-order valence-electron chi connectivity index (χ2n) is 5.15. The predicted molar refractivity (Wildman–Crippen MR) is 99.8 cm³/mol. The summed E-state index contributed by atoms with van der Waals surface area (Å²) in [4.78, 5) is 12.5. The van der Waals surface area contributed by atoms with E-state index in [0.29, 0.717) is 23.9 Å².